The maximum atomic E-state index is 12.5. The molecule has 0 radical (unpaired) electrons. The lowest BCUT2D eigenvalue weighted by Gasteiger charge is -2.58. The number of ether oxygens (including phenoxy) is 1. The average Bonchev–Trinajstić information content (AvgIpc) is 3.03. The number of benzene rings is 2. The van der Waals surface area contributed by atoms with Crippen LogP contribution in [-0.2, 0) is 0 Å². The second-order valence-electron chi connectivity index (χ2n) is 13.0. The SMILES string of the molecule is CNC(=O)c1cccc(C)c1Nc1nc(Nc2ccc(N3CCN(C4C5CC6CC(C5)CC4C6)CC3)cc2OC)ncc1Cl. The lowest BCUT2D eigenvalue weighted by atomic mass is 9.54. The molecule has 5 fully saturated rings. The van der Waals surface area contributed by atoms with Gasteiger partial charge in [-0.25, -0.2) is 4.98 Å². The van der Waals surface area contributed by atoms with E-state index >= 15 is 0 Å². The highest BCUT2D eigenvalue weighted by atomic mass is 35.5. The molecule has 232 valence electrons. The van der Waals surface area contributed by atoms with E-state index in [1.165, 1.54) is 32.1 Å². The number of halogens is 1. The Hall–Kier alpha value is -3.56. The van der Waals surface area contributed by atoms with Crippen LogP contribution in [0.15, 0.2) is 42.6 Å². The Kier molecular flexibility index (Phi) is 8.01. The van der Waals surface area contributed by atoms with Crippen molar-refractivity contribution in [1.29, 1.82) is 0 Å². The Balaban J connectivity index is 1.03. The van der Waals surface area contributed by atoms with Gasteiger partial charge >= 0.3 is 0 Å². The first-order valence-electron chi connectivity index (χ1n) is 16.0. The number of methoxy groups -OCH3 is 1. The van der Waals surface area contributed by atoms with Crippen molar-refractivity contribution in [2.24, 2.45) is 23.7 Å². The largest absolute Gasteiger partial charge is 0.494 e. The minimum Gasteiger partial charge on any atom is -0.494 e. The van der Waals surface area contributed by atoms with Crippen molar-refractivity contribution in [1.82, 2.24) is 20.2 Å². The maximum Gasteiger partial charge on any atom is 0.253 e. The lowest BCUT2D eigenvalue weighted by molar-refractivity contribution is -0.0665. The molecule has 1 saturated heterocycles. The van der Waals surface area contributed by atoms with Crippen LogP contribution in [-0.4, -0.2) is 67.2 Å². The van der Waals surface area contributed by atoms with Crippen molar-refractivity contribution in [3.05, 3.63) is 58.7 Å². The van der Waals surface area contributed by atoms with Crippen LogP contribution in [0.1, 0.15) is 48.0 Å². The highest BCUT2D eigenvalue weighted by Gasteiger charge is 2.50. The van der Waals surface area contributed by atoms with Gasteiger partial charge in [0.25, 0.3) is 5.91 Å². The third kappa shape index (κ3) is 5.56. The zero-order valence-corrected chi connectivity index (χ0v) is 26.5. The number of anilines is 5. The summed E-state index contributed by atoms with van der Waals surface area (Å²) in [5, 5.41) is 9.58. The molecular formula is C34H42ClN7O2. The van der Waals surface area contributed by atoms with Crippen molar-refractivity contribution >= 4 is 46.3 Å². The summed E-state index contributed by atoms with van der Waals surface area (Å²) in [6.07, 6.45) is 8.95. The Labute approximate surface area is 264 Å². The summed E-state index contributed by atoms with van der Waals surface area (Å²) in [7, 11) is 3.29. The number of carbonyl (C=O) groups is 1. The number of nitrogens with zero attached hydrogens (tertiary/aromatic N) is 4. The summed E-state index contributed by atoms with van der Waals surface area (Å²) in [5.41, 5.74) is 3.97. The van der Waals surface area contributed by atoms with E-state index in [1.54, 1.807) is 26.4 Å². The van der Waals surface area contributed by atoms with Crippen LogP contribution in [0, 0.1) is 30.6 Å². The van der Waals surface area contributed by atoms with Gasteiger partial charge in [-0.15, -0.1) is 0 Å². The predicted molar refractivity (Wildman–Crippen MR) is 176 cm³/mol. The van der Waals surface area contributed by atoms with Gasteiger partial charge in [0.05, 0.1) is 30.2 Å². The molecule has 3 aromatic rings. The second-order valence-corrected chi connectivity index (χ2v) is 13.5. The van der Waals surface area contributed by atoms with Crippen LogP contribution in [0.3, 0.4) is 0 Å². The normalized spacial score (nSPS) is 26.0. The molecule has 4 aliphatic carbocycles. The number of aryl methyl sites for hydroxylation is 1. The van der Waals surface area contributed by atoms with E-state index in [2.05, 4.69) is 47.9 Å². The number of para-hydroxylation sites is 1. The molecule has 4 bridgehead atoms. The fraction of sp³-hybridized carbons (Fsp3) is 0.500. The number of piperazine rings is 1. The first kappa shape index (κ1) is 29.2. The molecule has 4 saturated carbocycles. The Morgan fingerprint density at radius 3 is 2.39 bits per heavy atom. The summed E-state index contributed by atoms with van der Waals surface area (Å²) < 4.78 is 5.81. The second kappa shape index (κ2) is 12.1. The molecule has 0 unspecified atom stereocenters. The Morgan fingerprint density at radius 1 is 0.977 bits per heavy atom. The topological polar surface area (TPSA) is 94.6 Å². The molecule has 1 amide bonds. The molecule has 1 aliphatic heterocycles. The standard InChI is InChI=1S/C34H42ClN7O2/c1-20-5-4-6-26(33(43)36-2)30(20)39-32-27(35)19-37-34(40-32)38-28-8-7-25(18-29(28)44-3)41-9-11-42(12-10-41)31-23-14-21-13-22(16-23)17-24(31)15-21/h4-8,18-19,21-24,31H,9-17H2,1-3H3,(H,36,43)(H2,37,38,39,40). The average molecular weight is 616 g/mol. The van der Waals surface area contributed by atoms with Gasteiger partial charge in [0, 0.05) is 51.0 Å². The van der Waals surface area contributed by atoms with E-state index in [1.807, 2.05) is 25.1 Å². The minimum atomic E-state index is -0.196. The molecule has 0 spiro atoms. The van der Waals surface area contributed by atoms with Gasteiger partial charge in [0.2, 0.25) is 5.95 Å². The fourth-order valence-corrected chi connectivity index (χ4v) is 8.80. The number of rotatable bonds is 8. The molecular weight excluding hydrogens is 574 g/mol. The van der Waals surface area contributed by atoms with Gasteiger partial charge in [-0.3, -0.25) is 9.69 Å². The molecule has 2 aromatic carbocycles. The quantitative estimate of drug-likeness (QED) is 0.274. The summed E-state index contributed by atoms with van der Waals surface area (Å²) in [5.74, 6) is 5.20. The molecule has 9 nitrogen and oxygen atoms in total. The van der Waals surface area contributed by atoms with Crippen molar-refractivity contribution in [3.8, 4) is 5.75 Å². The molecule has 10 heteroatoms. The third-order valence-corrected chi connectivity index (χ3v) is 10.7. The van der Waals surface area contributed by atoms with Crippen LogP contribution in [0.4, 0.5) is 28.8 Å². The number of hydrogen-bond donors (Lipinski definition) is 3. The highest BCUT2D eigenvalue weighted by molar-refractivity contribution is 6.33. The lowest BCUT2D eigenvalue weighted by Crippen LogP contribution is -2.60. The first-order chi connectivity index (χ1) is 21.4. The van der Waals surface area contributed by atoms with Gasteiger partial charge < -0.3 is 25.6 Å². The molecule has 8 rings (SSSR count). The van der Waals surface area contributed by atoms with Gasteiger partial charge in [-0.05, 0) is 86.5 Å². The number of aromatic nitrogens is 2. The Bertz CT molecular complexity index is 1510. The Morgan fingerprint density at radius 2 is 1.70 bits per heavy atom. The van der Waals surface area contributed by atoms with Gasteiger partial charge in [-0.2, -0.15) is 4.98 Å². The number of hydrogen-bond acceptors (Lipinski definition) is 8. The zero-order valence-electron chi connectivity index (χ0n) is 25.8. The van der Waals surface area contributed by atoms with Crippen LogP contribution < -0.4 is 25.6 Å². The highest BCUT2D eigenvalue weighted by Crippen LogP contribution is 2.55. The van der Waals surface area contributed by atoms with E-state index in [-0.39, 0.29) is 5.91 Å². The van der Waals surface area contributed by atoms with Crippen LogP contribution in [0.5, 0.6) is 5.75 Å². The first-order valence-corrected chi connectivity index (χ1v) is 16.3. The van der Waals surface area contributed by atoms with Crippen molar-refractivity contribution in [2.75, 3.05) is 55.9 Å². The minimum absolute atomic E-state index is 0.196. The fourth-order valence-electron chi connectivity index (χ4n) is 8.66. The van der Waals surface area contributed by atoms with Crippen LogP contribution in [0.2, 0.25) is 5.02 Å². The monoisotopic (exact) mass is 615 g/mol. The van der Waals surface area contributed by atoms with Gasteiger partial charge in [0.1, 0.15) is 10.8 Å². The van der Waals surface area contributed by atoms with Crippen molar-refractivity contribution in [2.45, 2.75) is 45.1 Å². The molecule has 2 heterocycles. The van der Waals surface area contributed by atoms with E-state index < -0.39 is 0 Å². The summed E-state index contributed by atoms with van der Waals surface area (Å²) >= 11 is 6.48. The summed E-state index contributed by atoms with van der Waals surface area (Å²) in [6.45, 7) is 6.26. The number of carbonyl (C=O) groups excluding carboxylic acids is 1. The van der Waals surface area contributed by atoms with Crippen molar-refractivity contribution in [3.63, 3.8) is 0 Å². The molecule has 3 N–H and O–H groups in total. The zero-order chi connectivity index (χ0) is 30.4. The van der Waals surface area contributed by atoms with Gasteiger partial charge in [0.15, 0.2) is 5.82 Å². The summed E-state index contributed by atoms with van der Waals surface area (Å²) in [6, 6.07) is 12.6. The summed E-state index contributed by atoms with van der Waals surface area (Å²) in [4.78, 5) is 26.8. The van der Waals surface area contributed by atoms with E-state index in [0.717, 1.165) is 78.6 Å². The van der Waals surface area contributed by atoms with E-state index in [0.29, 0.717) is 28.0 Å². The van der Waals surface area contributed by atoms with Crippen molar-refractivity contribution < 1.29 is 9.53 Å². The molecule has 44 heavy (non-hydrogen) atoms. The molecule has 0 atom stereocenters. The number of amides is 1. The smallest absolute Gasteiger partial charge is 0.253 e. The molecule has 1 aromatic heterocycles. The van der Waals surface area contributed by atoms with Crippen LogP contribution in [0.25, 0.3) is 0 Å². The van der Waals surface area contributed by atoms with E-state index in [9.17, 15) is 4.79 Å². The third-order valence-electron chi connectivity index (χ3n) is 10.4. The predicted octanol–water partition coefficient (Wildman–Crippen LogP) is 6.24. The number of nitrogens with one attached hydrogen (secondary N) is 3. The maximum absolute atomic E-state index is 12.5. The van der Waals surface area contributed by atoms with E-state index in [4.69, 9.17) is 16.3 Å². The molecule has 5 aliphatic rings. The van der Waals surface area contributed by atoms with Gasteiger partial charge in [-0.1, -0.05) is 23.7 Å². The van der Waals surface area contributed by atoms with Crippen LogP contribution >= 0.6 is 11.6 Å².